The number of methoxy groups -OCH3 is 2. The number of rotatable bonds is 2. The van der Waals surface area contributed by atoms with Crippen molar-refractivity contribution in [2.45, 2.75) is 6.92 Å². The van der Waals surface area contributed by atoms with Crippen LogP contribution >= 0.6 is 0 Å². The van der Waals surface area contributed by atoms with E-state index in [0.717, 1.165) is 16.9 Å². The highest BCUT2D eigenvalue weighted by atomic mass is 16.5. The van der Waals surface area contributed by atoms with Gasteiger partial charge in [-0.1, -0.05) is 30.0 Å². The number of aryl methyl sites for hydroxylation is 1. The highest BCUT2D eigenvalue weighted by molar-refractivity contribution is 5.94. The Morgan fingerprint density at radius 1 is 1.05 bits per heavy atom. The van der Waals surface area contributed by atoms with E-state index in [2.05, 4.69) is 11.8 Å². The second kappa shape index (κ2) is 6.62. The molecule has 0 amide bonds. The SMILES string of the molecule is COC(=O)c1c(C)cccc1C#Cc1cccc(OC)c1. The third-order valence-corrected chi connectivity index (χ3v) is 3.07. The highest BCUT2D eigenvalue weighted by Crippen LogP contribution is 2.15. The van der Waals surface area contributed by atoms with E-state index < -0.39 is 0 Å². The van der Waals surface area contributed by atoms with E-state index >= 15 is 0 Å². The Hall–Kier alpha value is -2.73. The fourth-order valence-corrected chi connectivity index (χ4v) is 1.99. The van der Waals surface area contributed by atoms with E-state index in [1.165, 1.54) is 7.11 Å². The third kappa shape index (κ3) is 3.43. The molecule has 0 N–H and O–H groups in total. The fraction of sp³-hybridized carbons (Fsp3) is 0.167. The first kappa shape index (κ1) is 14.7. The van der Waals surface area contributed by atoms with Crippen molar-refractivity contribution in [2.24, 2.45) is 0 Å². The molecule has 3 nitrogen and oxygen atoms in total. The third-order valence-electron chi connectivity index (χ3n) is 3.07. The van der Waals surface area contributed by atoms with Gasteiger partial charge in [0.25, 0.3) is 0 Å². The van der Waals surface area contributed by atoms with Crippen molar-refractivity contribution in [3.63, 3.8) is 0 Å². The average molecular weight is 280 g/mol. The van der Waals surface area contributed by atoms with Gasteiger partial charge in [-0.25, -0.2) is 4.79 Å². The number of hydrogen-bond acceptors (Lipinski definition) is 3. The fourth-order valence-electron chi connectivity index (χ4n) is 1.99. The maximum atomic E-state index is 11.9. The lowest BCUT2D eigenvalue weighted by Crippen LogP contribution is -2.06. The standard InChI is InChI=1S/C18H16O3/c1-13-6-4-8-15(17(13)18(19)21-3)11-10-14-7-5-9-16(12-14)20-2/h4-9,12H,1-3H3. The lowest BCUT2D eigenvalue weighted by molar-refractivity contribution is 0.0599. The maximum absolute atomic E-state index is 11.9. The molecule has 21 heavy (non-hydrogen) atoms. The molecule has 2 rings (SSSR count). The Bertz CT molecular complexity index is 721. The van der Waals surface area contributed by atoms with Gasteiger partial charge in [-0.3, -0.25) is 0 Å². The van der Waals surface area contributed by atoms with Crippen molar-refractivity contribution in [1.29, 1.82) is 0 Å². The van der Waals surface area contributed by atoms with Crippen molar-refractivity contribution in [1.82, 2.24) is 0 Å². The van der Waals surface area contributed by atoms with Crippen molar-refractivity contribution in [2.75, 3.05) is 14.2 Å². The van der Waals surface area contributed by atoms with Crippen LogP contribution in [0.3, 0.4) is 0 Å². The van der Waals surface area contributed by atoms with Gasteiger partial charge < -0.3 is 9.47 Å². The van der Waals surface area contributed by atoms with Gasteiger partial charge in [0, 0.05) is 11.1 Å². The first-order chi connectivity index (χ1) is 10.2. The summed E-state index contributed by atoms with van der Waals surface area (Å²) in [6.07, 6.45) is 0. The molecule has 0 aliphatic rings. The first-order valence-electron chi connectivity index (χ1n) is 6.49. The van der Waals surface area contributed by atoms with Gasteiger partial charge in [0.1, 0.15) is 5.75 Å². The number of hydrogen-bond donors (Lipinski definition) is 0. The van der Waals surface area contributed by atoms with Crippen LogP contribution in [0, 0.1) is 18.8 Å². The molecule has 0 radical (unpaired) electrons. The number of ether oxygens (including phenoxy) is 2. The second-order valence-electron chi connectivity index (χ2n) is 4.47. The van der Waals surface area contributed by atoms with E-state index in [0.29, 0.717) is 11.1 Å². The zero-order valence-corrected chi connectivity index (χ0v) is 12.3. The van der Waals surface area contributed by atoms with E-state index in [4.69, 9.17) is 9.47 Å². The molecule has 0 atom stereocenters. The molecule has 0 aromatic heterocycles. The summed E-state index contributed by atoms with van der Waals surface area (Å²) < 4.78 is 9.98. The molecule has 0 fully saturated rings. The Labute approximate surface area is 124 Å². The monoisotopic (exact) mass is 280 g/mol. The molecule has 0 aliphatic carbocycles. The van der Waals surface area contributed by atoms with Crippen LogP contribution in [0.2, 0.25) is 0 Å². The number of esters is 1. The number of carbonyl (C=O) groups excluding carboxylic acids is 1. The minimum absolute atomic E-state index is 0.372. The molecule has 3 heteroatoms. The first-order valence-corrected chi connectivity index (χ1v) is 6.49. The molecule has 106 valence electrons. The molecular formula is C18H16O3. The van der Waals surface area contributed by atoms with Crippen LogP contribution < -0.4 is 4.74 Å². The normalized spacial score (nSPS) is 9.48. The van der Waals surface area contributed by atoms with Crippen LogP contribution in [0.4, 0.5) is 0 Å². The van der Waals surface area contributed by atoms with Gasteiger partial charge in [-0.2, -0.15) is 0 Å². The highest BCUT2D eigenvalue weighted by Gasteiger charge is 2.12. The van der Waals surface area contributed by atoms with Crippen molar-refractivity contribution >= 4 is 5.97 Å². The summed E-state index contributed by atoms with van der Waals surface area (Å²) in [7, 11) is 2.98. The summed E-state index contributed by atoms with van der Waals surface area (Å²) >= 11 is 0. The predicted molar refractivity (Wildman–Crippen MR) is 81.5 cm³/mol. The molecule has 0 saturated carbocycles. The molecule has 0 unspecified atom stereocenters. The van der Waals surface area contributed by atoms with Gasteiger partial charge in [0.05, 0.1) is 19.8 Å². The zero-order valence-electron chi connectivity index (χ0n) is 12.3. The van der Waals surface area contributed by atoms with Gasteiger partial charge in [0.15, 0.2) is 0 Å². The molecule has 0 saturated heterocycles. The quantitative estimate of drug-likeness (QED) is 0.626. The zero-order chi connectivity index (χ0) is 15.2. The maximum Gasteiger partial charge on any atom is 0.339 e. The summed E-state index contributed by atoms with van der Waals surface area (Å²) in [6.45, 7) is 1.86. The number of benzene rings is 2. The molecule has 0 aliphatic heterocycles. The Balaban J connectivity index is 2.43. The topological polar surface area (TPSA) is 35.5 Å². The Morgan fingerprint density at radius 2 is 1.81 bits per heavy atom. The summed E-state index contributed by atoms with van der Waals surface area (Å²) in [5.41, 5.74) is 2.84. The van der Waals surface area contributed by atoms with Crippen LogP contribution in [0.15, 0.2) is 42.5 Å². The van der Waals surface area contributed by atoms with Crippen molar-refractivity contribution in [3.05, 3.63) is 64.7 Å². The Morgan fingerprint density at radius 3 is 2.52 bits per heavy atom. The number of carbonyl (C=O) groups is 1. The summed E-state index contributed by atoms with van der Waals surface area (Å²) in [4.78, 5) is 11.9. The van der Waals surface area contributed by atoms with Crippen LogP contribution in [0.5, 0.6) is 5.75 Å². The van der Waals surface area contributed by atoms with E-state index in [1.54, 1.807) is 7.11 Å². The van der Waals surface area contributed by atoms with E-state index in [1.807, 2.05) is 49.4 Å². The van der Waals surface area contributed by atoms with Crippen molar-refractivity contribution < 1.29 is 14.3 Å². The summed E-state index contributed by atoms with van der Waals surface area (Å²) in [6, 6.07) is 13.0. The molecular weight excluding hydrogens is 264 g/mol. The van der Waals surface area contributed by atoms with Gasteiger partial charge in [-0.15, -0.1) is 0 Å². The second-order valence-corrected chi connectivity index (χ2v) is 4.47. The van der Waals surface area contributed by atoms with Crippen LogP contribution in [-0.2, 0) is 4.74 Å². The molecule has 0 bridgehead atoms. The summed E-state index contributed by atoms with van der Waals surface area (Å²) in [5, 5.41) is 0. The van der Waals surface area contributed by atoms with Gasteiger partial charge in [0.2, 0.25) is 0 Å². The van der Waals surface area contributed by atoms with Crippen LogP contribution in [0.1, 0.15) is 27.0 Å². The van der Waals surface area contributed by atoms with Crippen LogP contribution in [-0.4, -0.2) is 20.2 Å². The lowest BCUT2D eigenvalue weighted by atomic mass is 10.0. The smallest absolute Gasteiger partial charge is 0.339 e. The predicted octanol–water partition coefficient (Wildman–Crippen LogP) is 3.19. The minimum Gasteiger partial charge on any atom is -0.497 e. The van der Waals surface area contributed by atoms with E-state index in [9.17, 15) is 4.79 Å². The average Bonchev–Trinajstić information content (AvgIpc) is 2.52. The van der Waals surface area contributed by atoms with Gasteiger partial charge >= 0.3 is 5.97 Å². The minimum atomic E-state index is -0.372. The van der Waals surface area contributed by atoms with E-state index in [-0.39, 0.29) is 5.97 Å². The molecule has 2 aromatic carbocycles. The molecule has 0 heterocycles. The molecule has 2 aromatic rings. The van der Waals surface area contributed by atoms with Crippen molar-refractivity contribution in [3.8, 4) is 17.6 Å². The van der Waals surface area contributed by atoms with Crippen LogP contribution in [0.25, 0.3) is 0 Å². The van der Waals surface area contributed by atoms with Gasteiger partial charge in [-0.05, 0) is 36.8 Å². The Kier molecular flexibility index (Phi) is 4.63. The largest absolute Gasteiger partial charge is 0.497 e. The lowest BCUT2D eigenvalue weighted by Gasteiger charge is -2.05. The summed E-state index contributed by atoms with van der Waals surface area (Å²) in [5.74, 6) is 6.45. The molecule has 0 spiro atoms.